The molecule has 0 aromatic carbocycles. The van der Waals surface area contributed by atoms with Gasteiger partial charge < -0.3 is 10.1 Å². The van der Waals surface area contributed by atoms with Gasteiger partial charge in [-0.1, -0.05) is 0 Å². The maximum Gasteiger partial charge on any atom is 0.407 e. The Kier molecular flexibility index (Phi) is 2.17. The minimum absolute atomic E-state index is 0.0646. The molecular weight excluding hydrogens is 206 g/mol. The Labute approximate surface area is 82.7 Å². The number of alkyl carbamates (subject to hydrolysis) is 1. The van der Waals surface area contributed by atoms with Crippen LogP contribution >= 0.6 is 0 Å². The number of rotatable bonds is 0. The van der Waals surface area contributed by atoms with Crippen LogP contribution in [-0.2, 0) is 14.6 Å². The van der Waals surface area contributed by atoms with Crippen molar-refractivity contribution in [2.24, 2.45) is 0 Å². The van der Waals surface area contributed by atoms with Gasteiger partial charge in [0.25, 0.3) is 0 Å². The smallest absolute Gasteiger partial charge is 0.407 e. The molecule has 6 heteroatoms. The van der Waals surface area contributed by atoms with Crippen LogP contribution in [0.2, 0.25) is 0 Å². The Balaban J connectivity index is 2.18. The van der Waals surface area contributed by atoms with E-state index >= 15 is 0 Å². The number of carbonyl (C=O) groups excluding carboxylic acids is 1. The predicted octanol–water partition coefficient (Wildman–Crippen LogP) is 0.0637. The van der Waals surface area contributed by atoms with Crippen molar-refractivity contribution >= 4 is 15.9 Å². The number of hydrogen-bond acceptors (Lipinski definition) is 4. The van der Waals surface area contributed by atoms with Crippen LogP contribution in [0.4, 0.5) is 4.79 Å². The zero-order chi connectivity index (χ0) is 10.2. The van der Waals surface area contributed by atoms with Gasteiger partial charge in [0.15, 0.2) is 9.84 Å². The first-order valence-electron chi connectivity index (χ1n) is 4.67. The van der Waals surface area contributed by atoms with Crippen molar-refractivity contribution in [3.63, 3.8) is 0 Å². The highest BCUT2D eigenvalue weighted by Crippen LogP contribution is 2.28. The summed E-state index contributed by atoms with van der Waals surface area (Å²) in [5, 5.41) is 2.65. The monoisotopic (exact) mass is 219 g/mol. The Morgan fingerprint density at radius 2 is 2.14 bits per heavy atom. The predicted molar refractivity (Wildman–Crippen MR) is 49.7 cm³/mol. The topological polar surface area (TPSA) is 72.5 Å². The summed E-state index contributed by atoms with van der Waals surface area (Å²) in [6.45, 7) is 0.321. The third kappa shape index (κ3) is 1.84. The van der Waals surface area contributed by atoms with Gasteiger partial charge in [-0.25, -0.2) is 13.2 Å². The normalized spacial score (nSPS) is 36.1. The molecule has 1 atom stereocenters. The fourth-order valence-electron chi connectivity index (χ4n) is 2.15. The molecule has 2 aliphatic rings. The van der Waals surface area contributed by atoms with E-state index in [1.807, 2.05) is 0 Å². The molecule has 1 N–H and O–H groups in total. The fraction of sp³-hybridized carbons (Fsp3) is 0.875. The molecule has 2 rings (SSSR count). The number of nitrogens with one attached hydrogen (secondary N) is 1. The van der Waals surface area contributed by atoms with Crippen molar-refractivity contribution < 1.29 is 17.9 Å². The summed E-state index contributed by atoms with van der Waals surface area (Å²) >= 11 is 0. The van der Waals surface area contributed by atoms with E-state index in [2.05, 4.69) is 5.32 Å². The van der Waals surface area contributed by atoms with Crippen molar-refractivity contribution in [1.29, 1.82) is 0 Å². The molecule has 1 amide bonds. The lowest BCUT2D eigenvalue weighted by Gasteiger charge is -2.39. The van der Waals surface area contributed by atoms with Crippen LogP contribution < -0.4 is 5.32 Å². The quantitative estimate of drug-likeness (QED) is 0.625. The number of hydrogen-bond donors (Lipinski definition) is 1. The molecule has 2 heterocycles. The molecule has 2 fully saturated rings. The Morgan fingerprint density at radius 3 is 2.79 bits per heavy atom. The lowest BCUT2D eigenvalue weighted by Crippen LogP contribution is -2.59. The average molecular weight is 219 g/mol. The van der Waals surface area contributed by atoms with Gasteiger partial charge >= 0.3 is 6.09 Å². The van der Waals surface area contributed by atoms with Gasteiger partial charge in [0, 0.05) is 6.42 Å². The van der Waals surface area contributed by atoms with E-state index in [-0.39, 0.29) is 11.5 Å². The van der Waals surface area contributed by atoms with E-state index in [9.17, 15) is 13.2 Å². The summed E-state index contributed by atoms with van der Waals surface area (Å²) in [5.74, 6) is 0.306. The molecule has 2 aliphatic heterocycles. The van der Waals surface area contributed by atoms with Gasteiger partial charge in [0.2, 0.25) is 0 Å². The third-order valence-corrected chi connectivity index (χ3v) is 4.69. The highest BCUT2D eigenvalue weighted by molar-refractivity contribution is 7.91. The lowest BCUT2D eigenvalue weighted by molar-refractivity contribution is 0.0889. The molecule has 80 valence electrons. The lowest BCUT2D eigenvalue weighted by atomic mass is 9.91. The molecule has 0 radical (unpaired) electrons. The number of amides is 1. The minimum atomic E-state index is -2.98. The van der Waals surface area contributed by atoms with Crippen molar-refractivity contribution in [3.8, 4) is 0 Å². The maximum absolute atomic E-state index is 11.4. The number of ether oxygens (including phenoxy) is 1. The van der Waals surface area contributed by atoms with E-state index in [0.717, 1.165) is 6.42 Å². The first kappa shape index (κ1) is 9.76. The second-order valence-corrected chi connectivity index (χ2v) is 6.17. The van der Waals surface area contributed by atoms with Crippen molar-refractivity contribution in [2.45, 2.75) is 24.8 Å². The van der Waals surface area contributed by atoms with Crippen LogP contribution in [0.5, 0.6) is 0 Å². The zero-order valence-corrected chi connectivity index (χ0v) is 8.60. The third-order valence-electron chi connectivity index (χ3n) is 2.79. The van der Waals surface area contributed by atoms with Crippen LogP contribution in [-0.4, -0.2) is 38.2 Å². The highest BCUT2D eigenvalue weighted by Gasteiger charge is 2.42. The molecule has 5 nitrogen and oxygen atoms in total. The van der Waals surface area contributed by atoms with E-state index < -0.39 is 21.5 Å². The molecule has 0 aliphatic carbocycles. The van der Waals surface area contributed by atoms with Gasteiger partial charge in [0.1, 0.15) is 0 Å². The van der Waals surface area contributed by atoms with E-state index in [1.165, 1.54) is 0 Å². The van der Waals surface area contributed by atoms with Crippen molar-refractivity contribution in [1.82, 2.24) is 5.32 Å². The van der Waals surface area contributed by atoms with Gasteiger partial charge in [-0.05, 0) is 12.8 Å². The molecule has 2 saturated heterocycles. The zero-order valence-electron chi connectivity index (χ0n) is 7.78. The maximum atomic E-state index is 11.4. The van der Waals surface area contributed by atoms with Gasteiger partial charge in [0.05, 0.1) is 23.7 Å². The molecule has 0 aromatic rings. The fourth-order valence-corrected chi connectivity index (χ4v) is 4.08. The molecule has 0 bridgehead atoms. The molecule has 1 spiro atoms. The molecule has 1 unspecified atom stereocenters. The summed E-state index contributed by atoms with van der Waals surface area (Å²) in [6.07, 6.45) is 1.47. The number of cyclic esters (lactones) is 1. The van der Waals surface area contributed by atoms with E-state index in [0.29, 0.717) is 19.4 Å². The van der Waals surface area contributed by atoms with Gasteiger partial charge in [-0.3, -0.25) is 0 Å². The van der Waals surface area contributed by atoms with E-state index in [4.69, 9.17) is 4.74 Å². The highest BCUT2D eigenvalue weighted by atomic mass is 32.2. The summed E-state index contributed by atoms with van der Waals surface area (Å²) in [4.78, 5) is 11.0. The standard InChI is InChI=1S/C8H13NO4S/c10-7-9-8(3-4-13-7)2-1-5-14(11,12)6-8/h1-6H2,(H,9,10). The van der Waals surface area contributed by atoms with Crippen molar-refractivity contribution in [3.05, 3.63) is 0 Å². The Morgan fingerprint density at radius 1 is 1.36 bits per heavy atom. The van der Waals surface area contributed by atoms with Gasteiger partial charge in [-0.15, -0.1) is 0 Å². The average Bonchev–Trinajstić information content (AvgIpc) is 2.00. The second kappa shape index (κ2) is 3.12. The minimum Gasteiger partial charge on any atom is -0.449 e. The molecule has 0 aromatic heterocycles. The summed E-state index contributed by atoms with van der Waals surface area (Å²) in [6, 6.07) is 0. The first-order chi connectivity index (χ1) is 6.52. The molecular formula is C8H13NO4S. The van der Waals surface area contributed by atoms with Crippen LogP contribution in [0.15, 0.2) is 0 Å². The van der Waals surface area contributed by atoms with Crippen LogP contribution in [0.3, 0.4) is 0 Å². The largest absolute Gasteiger partial charge is 0.449 e. The van der Waals surface area contributed by atoms with Crippen LogP contribution in [0.1, 0.15) is 19.3 Å². The van der Waals surface area contributed by atoms with Crippen molar-refractivity contribution in [2.75, 3.05) is 18.1 Å². The first-order valence-corrected chi connectivity index (χ1v) is 6.49. The summed E-state index contributed by atoms with van der Waals surface area (Å²) in [5.41, 5.74) is -0.549. The van der Waals surface area contributed by atoms with Gasteiger partial charge in [-0.2, -0.15) is 0 Å². The number of carbonyl (C=O) groups is 1. The number of sulfone groups is 1. The molecule has 0 saturated carbocycles. The Hall–Kier alpha value is -0.780. The summed E-state index contributed by atoms with van der Waals surface area (Å²) in [7, 11) is -2.98. The van der Waals surface area contributed by atoms with Crippen LogP contribution in [0, 0.1) is 0 Å². The Bertz CT molecular complexity index is 346. The van der Waals surface area contributed by atoms with Crippen LogP contribution in [0.25, 0.3) is 0 Å². The molecule has 14 heavy (non-hydrogen) atoms. The SMILES string of the molecule is O=C1NC2(CCCS(=O)(=O)C2)CCO1. The van der Waals surface area contributed by atoms with E-state index in [1.54, 1.807) is 0 Å². The summed E-state index contributed by atoms with van der Waals surface area (Å²) < 4.78 is 27.6. The second-order valence-electron chi connectivity index (χ2n) is 3.99.